The molecule has 0 spiro atoms. The maximum Gasteiger partial charge on any atom is 0.0839 e. The van der Waals surface area contributed by atoms with Crippen molar-refractivity contribution < 1.29 is 18.9 Å². The Morgan fingerprint density at radius 2 is 0.800 bits per heavy atom. The first kappa shape index (κ1) is 24.5. The van der Waals surface area contributed by atoms with Crippen LogP contribution in [-0.2, 0) is 18.9 Å². The van der Waals surface area contributed by atoms with Crippen molar-refractivity contribution in [1.82, 2.24) is 0 Å². The molecule has 176 valence electrons. The van der Waals surface area contributed by atoms with Gasteiger partial charge in [0.1, 0.15) is 0 Å². The van der Waals surface area contributed by atoms with E-state index in [1.807, 2.05) is 0 Å². The Morgan fingerprint density at radius 3 is 1.13 bits per heavy atom. The van der Waals surface area contributed by atoms with Gasteiger partial charge in [0, 0.05) is 26.4 Å². The second-order valence-electron chi connectivity index (χ2n) is 12.1. The second-order valence-corrected chi connectivity index (χ2v) is 12.1. The summed E-state index contributed by atoms with van der Waals surface area (Å²) in [6.07, 6.45) is 9.77. The van der Waals surface area contributed by atoms with Crippen LogP contribution in [0.5, 0.6) is 0 Å². The lowest BCUT2D eigenvalue weighted by atomic mass is 9.71. The molecule has 0 aromatic carbocycles. The molecular weight excluding hydrogens is 376 g/mol. The van der Waals surface area contributed by atoms with Gasteiger partial charge in [-0.2, -0.15) is 0 Å². The zero-order chi connectivity index (χ0) is 21.8. The summed E-state index contributed by atoms with van der Waals surface area (Å²) >= 11 is 0. The maximum atomic E-state index is 6.38. The molecule has 3 rings (SSSR count). The van der Waals surface area contributed by atoms with Gasteiger partial charge in [0.15, 0.2) is 0 Å². The van der Waals surface area contributed by atoms with E-state index in [4.69, 9.17) is 18.9 Å². The topological polar surface area (TPSA) is 36.9 Å². The standard InChI is InChI=1S/C26H48O4/c1-25(2,3)19-9-11-21-23(17-19)29-15-7-14-28-22-12-10-20(26(4,5)6)18-24(22)30-16-8-13-27-21/h19-24H,7-18H2,1-6H3. The SMILES string of the molecule is CC(C)(C)C1CCC2OCCCOC3CC(C(C)(C)C)CCC3OCCCOC2C1. The third kappa shape index (κ3) is 6.92. The monoisotopic (exact) mass is 424 g/mol. The Hall–Kier alpha value is -0.160. The first-order valence-electron chi connectivity index (χ1n) is 12.6. The van der Waals surface area contributed by atoms with Crippen LogP contribution < -0.4 is 0 Å². The Balaban J connectivity index is 1.55. The first-order valence-corrected chi connectivity index (χ1v) is 12.6. The van der Waals surface area contributed by atoms with Gasteiger partial charge in [-0.3, -0.25) is 0 Å². The van der Waals surface area contributed by atoms with E-state index < -0.39 is 0 Å². The summed E-state index contributed by atoms with van der Waals surface area (Å²) in [6.45, 7) is 17.2. The number of rotatable bonds is 0. The lowest BCUT2D eigenvalue weighted by Crippen LogP contribution is -2.43. The van der Waals surface area contributed by atoms with Crippen LogP contribution in [0.4, 0.5) is 0 Å². The van der Waals surface area contributed by atoms with Crippen molar-refractivity contribution >= 4 is 0 Å². The van der Waals surface area contributed by atoms with Gasteiger partial charge < -0.3 is 18.9 Å². The minimum absolute atomic E-state index is 0.224. The maximum absolute atomic E-state index is 6.38. The third-order valence-corrected chi connectivity index (χ3v) is 7.82. The summed E-state index contributed by atoms with van der Waals surface area (Å²) in [4.78, 5) is 0. The fraction of sp³-hybridized carbons (Fsp3) is 1.00. The molecule has 4 nitrogen and oxygen atoms in total. The Bertz CT molecular complexity index is 460. The Labute approximate surface area is 185 Å². The van der Waals surface area contributed by atoms with Gasteiger partial charge in [-0.05, 0) is 74.0 Å². The van der Waals surface area contributed by atoms with Crippen molar-refractivity contribution in [2.45, 2.75) is 117 Å². The van der Waals surface area contributed by atoms with Crippen molar-refractivity contribution in [2.75, 3.05) is 26.4 Å². The average Bonchev–Trinajstić information content (AvgIpc) is 2.67. The quantitative estimate of drug-likeness (QED) is 0.477. The second kappa shape index (κ2) is 10.6. The predicted molar refractivity (Wildman–Crippen MR) is 122 cm³/mol. The molecule has 2 saturated carbocycles. The largest absolute Gasteiger partial charge is 0.375 e. The average molecular weight is 425 g/mol. The minimum Gasteiger partial charge on any atom is -0.375 e. The molecule has 1 heterocycles. The molecular formula is C26H48O4. The van der Waals surface area contributed by atoms with E-state index in [2.05, 4.69) is 41.5 Å². The van der Waals surface area contributed by atoms with Crippen LogP contribution in [0.2, 0.25) is 0 Å². The molecule has 0 radical (unpaired) electrons. The summed E-state index contributed by atoms with van der Waals surface area (Å²) in [7, 11) is 0. The molecule has 30 heavy (non-hydrogen) atoms. The van der Waals surface area contributed by atoms with Crippen LogP contribution in [-0.4, -0.2) is 50.8 Å². The summed E-state index contributed by atoms with van der Waals surface area (Å²) < 4.78 is 25.4. The van der Waals surface area contributed by atoms with E-state index >= 15 is 0 Å². The lowest BCUT2D eigenvalue weighted by molar-refractivity contribution is -0.139. The molecule has 4 heteroatoms. The number of fused-ring (bicyclic) bond motifs is 2. The molecule has 0 aromatic rings. The van der Waals surface area contributed by atoms with E-state index in [9.17, 15) is 0 Å². The number of hydrogen-bond acceptors (Lipinski definition) is 4. The third-order valence-electron chi connectivity index (χ3n) is 7.82. The normalized spacial score (nSPS) is 38.2. The van der Waals surface area contributed by atoms with Crippen LogP contribution in [0, 0.1) is 22.7 Å². The Kier molecular flexibility index (Phi) is 8.68. The van der Waals surface area contributed by atoms with E-state index in [0.29, 0.717) is 22.7 Å². The van der Waals surface area contributed by atoms with E-state index in [0.717, 1.165) is 65.0 Å². The molecule has 1 saturated heterocycles. The van der Waals surface area contributed by atoms with Gasteiger partial charge in [0.25, 0.3) is 0 Å². The van der Waals surface area contributed by atoms with Gasteiger partial charge in [0.2, 0.25) is 0 Å². The molecule has 0 N–H and O–H groups in total. The van der Waals surface area contributed by atoms with Crippen molar-refractivity contribution in [3.63, 3.8) is 0 Å². The first-order chi connectivity index (χ1) is 14.1. The number of hydrogen-bond donors (Lipinski definition) is 0. The van der Waals surface area contributed by atoms with Crippen molar-refractivity contribution in [3.05, 3.63) is 0 Å². The fourth-order valence-electron chi connectivity index (χ4n) is 5.56. The summed E-state index contributed by atoms with van der Waals surface area (Å²) in [5, 5.41) is 0. The molecule has 2 aliphatic carbocycles. The zero-order valence-electron chi connectivity index (χ0n) is 20.6. The Morgan fingerprint density at radius 1 is 0.467 bits per heavy atom. The summed E-state index contributed by atoms with van der Waals surface area (Å²) in [6, 6.07) is 0. The molecule has 1 aliphatic heterocycles. The predicted octanol–water partition coefficient (Wildman–Crippen LogP) is 6.01. The van der Waals surface area contributed by atoms with Gasteiger partial charge in [-0.15, -0.1) is 0 Å². The van der Waals surface area contributed by atoms with Crippen molar-refractivity contribution in [2.24, 2.45) is 22.7 Å². The smallest absolute Gasteiger partial charge is 0.0839 e. The van der Waals surface area contributed by atoms with Crippen LogP contribution >= 0.6 is 0 Å². The molecule has 6 atom stereocenters. The molecule has 3 aliphatic rings. The highest BCUT2D eigenvalue weighted by Gasteiger charge is 2.38. The van der Waals surface area contributed by atoms with Gasteiger partial charge in [-0.1, -0.05) is 41.5 Å². The molecule has 0 bridgehead atoms. The van der Waals surface area contributed by atoms with Crippen molar-refractivity contribution in [3.8, 4) is 0 Å². The van der Waals surface area contributed by atoms with E-state index in [-0.39, 0.29) is 24.4 Å². The summed E-state index contributed by atoms with van der Waals surface area (Å²) in [5.41, 5.74) is 0.677. The minimum atomic E-state index is 0.224. The molecule has 0 amide bonds. The van der Waals surface area contributed by atoms with E-state index in [1.54, 1.807) is 0 Å². The van der Waals surface area contributed by atoms with E-state index in [1.165, 1.54) is 12.8 Å². The van der Waals surface area contributed by atoms with Crippen LogP contribution in [0.15, 0.2) is 0 Å². The lowest BCUT2D eigenvalue weighted by Gasteiger charge is -2.42. The zero-order valence-corrected chi connectivity index (χ0v) is 20.6. The highest BCUT2D eigenvalue weighted by atomic mass is 16.6. The number of ether oxygens (including phenoxy) is 4. The fourth-order valence-corrected chi connectivity index (χ4v) is 5.56. The van der Waals surface area contributed by atoms with Crippen molar-refractivity contribution in [1.29, 1.82) is 0 Å². The highest BCUT2D eigenvalue weighted by Crippen LogP contribution is 2.41. The van der Waals surface area contributed by atoms with Gasteiger partial charge >= 0.3 is 0 Å². The van der Waals surface area contributed by atoms with Gasteiger partial charge in [0.05, 0.1) is 24.4 Å². The van der Waals surface area contributed by atoms with Crippen LogP contribution in [0.1, 0.15) is 92.9 Å². The summed E-state index contributed by atoms with van der Waals surface area (Å²) in [5.74, 6) is 1.42. The van der Waals surface area contributed by atoms with Crippen LogP contribution in [0.3, 0.4) is 0 Å². The van der Waals surface area contributed by atoms with Gasteiger partial charge in [-0.25, -0.2) is 0 Å². The highest BCUT2D eigenvalue weighted by molar-refractivity contribution is 4.88. The molecule has 3 fully saturated rings. The molecule has 6 unspecified atom stereocenters. The van der Waals surface area contributed by atoms with Crippen LogP contribution in [0.25, 0.3) is 0 Å². The molecule has 0 aromatic heterocycles.